The molecule has 2 heterocycles. The molecule has 1 aromatic heterocycles. The number of carbonyl (C=O) groups excluding carboxylic acids is 3. The summed E-state index contributed by atoms with van der Waals surface area (Å²) in [6.45, 7) is 2.73. The molecule has 2 aliphatic rings. The van der Waals surface area contributed by atoms with E-state index in [1.54, 1.807) is 0 Å². The molecule has 130 valence electrons. The summed E-state index contributed by atoms with van der Waals surface area (Å²) in [6.07, 6.45) is 3.19. The SMILES string of the molecule is Cc1csc(NC(=O)COC(=O)C2CCN(C(=O)C3CC3)CC2)n1. The fourth-order valence-electron chi connectivity index (χ4n) is 2.75. The number of esters is 1. The van der Waals surface area contributed by atoms with Gasteiger partial charge < -0.3 is 9.64 Å². The van der Waals surface area contributed by atoms with Crippen LogP contribution in [0.2, 0.25) is 0 Å². The minimum Gasteiger partial charge on any atom is -0.455 e. The molecule has 1 saturated heterocycles. The van der Waals surface area contributed by atoms with Crippen LogP contribution in [0.5, 0.6) is 0 Å². The topological polar surface area (TPSA) is 88.6 Å². The normalized spacial score (nSPS) is 18.3. The van der Waals surface area contributed by atoms with Gasteiger partial charge in [0, 0.05) is 24.4 Å². The van der Waals surface area contributed by atoms with Crippen LogP contribution in [0.3, 0.4) is 0 Å². The molecular weight excluding hydrogens is 330 g/mol. The van der Waals surface area contributed by atoms with E-state index in [0.717, 1.165) is 18.5 Å². The molecule has 0 aromatic carbocycles. The lowest BCUT2D eigenvalue weighted by atomic mass is 9.97. The molecule has 0 bridgehead atoms. The van der Waals surface area contributed by atoms with Crippen LogP contribution in [0.15, 0.2) is 5.38 Å². The maximum atomic E-state index is 12.1. The summed E-state index contributed by atoms with van der Waals surface area (Å²) in [6, 6.07) is 0. The highest BCUT2D eigenvalue weighted by Gasteiger charge is 2.36. The molecule has 2 fully saturated rings. The Morgan fingerprint density at radius 2 is 1.96 bits per heavy atom. The minimum atomic E-state index is -0.390. The van der Waals surface area contributed by atoms with Crippen LogP contribution in [0.4, 0.5) is 5.13 Å². The fourth-order valence-corrected chi connectivity index (χ4v) is 3.45. The lowest BCUT2D eigenvalue weighted by Gasteiger charge is -2.31. The smallest absolute Gasteiger partial charge is 0.309 e. The van der Waals surface area contributed by atoms with Crippen molar-refractivity contribution in [3.63, 3.8) is 0 Å². The van der Waals surface area contributed by atoms with E-state index in [1.807, 2.05) is 17.2 Å². The van der Waals surface area contributed by atoms with Crippen LogP contribution in [0.25, 0.3) is 0 Å². The fraction of sp³-hybridized carbons (Fsp3) is 0.625. The van der Waals surface area contributed by atoms with Crippen molar-refractivity contribution < 1.29 is 19.1 Å². The number of rotatable bonds is 5. The van der Waals surface area contributed by atoms with Gasteiger partial charge in [0.1, 0.15) is 0 Å². The van der Waals surface area contributed by atoms with Crippen molar-refractivity contribution in [2.75, 3.05) is 25.0 Å². The van der Waals surface area contributed by atoms with E-state index in [-0.39, 0.29) is 36.2 Å². The lowest BCUT2D eigenvalue weighted by molar-refractivity contribution is -0.154. The van der Waals surface area contributed by atoms with Crippen molar-refractivity contribution >= 4 is 34.3 Å². The van der Waals surface area contributed by atoms with E-state index in [9.17, 15) is 14.4 Å². The molecule has 8 heteroatoms. The van der Waals surface area contributed by atoms with Crippen molar-refractivity contribution in [2.45, 2.75) is 32.6 Å². The zero-order valence-corrected chi connectivity index (χ0v) is 14.4. The largest absolute Gasteiger partial charge is 0.455 e. The number of aromatic nitrogens is 1. The summed E-state index contributed by atoms with van der Waals surface area (Å²) in [5.74, 6) is -0.548. The second kappa shape index (κ2) is 7.29. The first-order valence-corrected chi connectivity index (χ1v) is 9.08. The molecule has 3 rings (SSSR count). The highest BCUT2D eigenvalue weighted by Crippen LogP contribution is 2.32. The van der Waals surface area contributed by atoms with Gasteiger partial charge in [-0.1, -0.05) is 0 Å². The maximum Gasteiger partial charge on any atom is 0.309 e. The second-order valence-corrected chi connectivity index (χ2v) is 7.18. The molecule has 1 N–H and O–H groups in total. The van der Waals surface area contributed by atoms with E-state index in [0.29, 0.717) is 31.1 Å². The van der Waals surface area contributed by atoms with Crippen LogP contribution < -0.4 is 5.32 Å². The summed E-state index contributed by atoms with van der Waals surface area (Å²) in [4.78, 5) is 41.8. The van der Waals surface area contributed by atoms with Gasteiger partial charge in [0.05, 0.1) is 11.6 Å². The predicted molar refractivity (Wildman–Crippen MR) is 88.5 cm³/mol. The molecule has 1 aromatic rings. The van der Waals surface area contributed by atoms with Crippen molar-refractivity contribution in [1.29, 1.82) is 0 Å². The third kappa shape index (κ3) is 4.31. The Hall–Kier alpha value is -1.96. The van der Waals surface area contributed by atoms with Gasteiger partial charge in [-0.3, -0.25) is 19.7 Å². The van der Waals surface area contributed by atoms with E-state index in [2.05, 4.69) is 10.3 Å². The van der Waals surface area contributed by atoms with Gasteiger partial charge in [-0.15, -0.1) is 11.3 Å². The quantitative estimate of drug-likeness (QED) is 0.814. The van der Waals surface area contributed by atoms with Gasteiger partial charge in [0.25, 0.3) is 5.91 Å². The third-order valence-corrected chi connectivity index (χ3v) is 5.15. The number of ether oxygens (including phenoxy) is 1. The number of hydrogen-bond donors (Lipinski definition) is 1. The van der Waals surface area contributed by atoms with Gasteiger partial charge in [-0.2, -0.15) is 0 Å². The molecular formula is C16H21N3O4S. The number of piperidine rings is 1. The van der Waals surface area contributed by atoms with Crippen LogP contribution in [0, 0.1) is 18.8 Å². The van der Waals surface area contributed by atoms with Crippen molar-refractivity contribution in [2.24, 2.45) is 11.8 Å². The van der Waals surface area contributed by atoms with E-state index in [4.69, 9.17) is 4.74 Å². The number of hydrogen-bond acceptors (Lipinski definition) is 6. The molecule has 0 atom stereocenters. The number of amides is 2. The molecule has 1 aliphatic carbocycles. The average molecular weight is 351 g/mol. The van der Waals surface area contributed by atoms with Crippen LogP contribution in [0.1, 0.15) is 31.4 Å². The summed E-state index contributed by atoms with van der Waals surface area (Å²) in [7, 11) is 0. The molecule has 7 nitrogen and oxygen atoms in total. The van der Waals surface area contributed by atoms with Gasteiger partial charge in [0.2, 0.25) is 5.91 Å². The summed E-state index contributed by atoms with van der Waals surface area (Å²) in [5.41, 5.74) is 0.833. The number of nitrogens with one attached hydrogen (secondary N) is 1. The molecule has 2 amide bonds. The Kier molecular flexibility index (Phi) is 5.13. The Bertz CT molecular complexity index is 633. The highest BCUT2D eigenvalue weighted by molar-refractivity contribution is 7.13. The molecule has 0 unspecified atom stereocenters. The van der Waals surface area contributed by atoms with Gasteiger partial charge in [-0.25, -0.2) is 4.98 Å². The van der Waals surface area contributed by atoms with Crippen molar-refractivity contribution in [3.8, 4) is 0 Å². The van der Waals surface area contributed by atoms with Crippen LogP contribution in [-0.2, 0) is 19.1 Å². The van der Waals surface area contributed by atoms with E-state index < -0.39 is 0 Å². The van der Waals surface area contributed by atoms with Gasteiger partial charge >= 0.3 is 5.97 Å². The molecule has 0 radical (unpaired) electrons. The standard InChI is InChI=1S/C16H21N3O4S/c1-10-9-24-16(17-10)18-13(20)8-23-15(22)12-4-6-19(7-5-12)14(21)11-2-3-11/h9,11-12H,2-8H2,1H3,(H,17,18,20). The van der Waals surface area contributed by atoms with E-state index in [1.165, 1.54) is 11.3 Å². The Morgan fingerprint density at radius 1 is 1.25 bits per heavy atom. The first-order chi connectivity index (χ1) is 11.5. The predicted octanol–water partition coefficient (Wildman–Crippen LogP) is 1.58. The molecule has 0 spiro atoms. The summed E-state index contributed by atoms with van der Waals surface area (Å²) in [5, 5.41) is 4.93. The second-order valence-electron chi connectivity index (χ2n) is 6.32. The zero-order chi connectivity index (χ0) is 17.1. The first-order valence-electron chi connectivity index (χ1n) is 8.20. The summed E-state index contributed by atoms with van der Waals surface area (Å²) < 4.78 is 5.10. The number of anilines is 1. The van der Waals surface area contributed by atoms with E-state index >= 15 is 0 Å². The number of aryl methyl sites for hydroxylation is 1. The van der Waals surface area contributed by atoms with Crippen molar-refractivity contribution in [3.05, 3.63) is 11.1 Å². The first kappa shape index (κ1) is 16.9. The number of thiazole rings is 1. The number of carbonyl (C=O) groups is 3. The number of likely N-dealkylation sites (tertiary alicyclic amines) is 1. The van der Waals surface area contributed by atoms with Crippen LogP contribution >= 0.6 is 11.3 Å². The Morgan fingerprint density at radius 3 is 2.54 bits per heavy atom. The Labute approximate surface area is 144 Å². The van der Waals surface area contributed by atoms with Gasteiger partial charge in [-0.05, 0) is 32.6 Å². The van der Waals surface area contributed by atoms with Crippen LogP contribution in [-0.4, -0.2) is 47.4 Å². The molecule has 24 heavy (non-hydrogen) atoms. The van der Waals surface area contributed by atoms with Gasteiger partial charge in [0.15, 0.2) is 11.7 Å². The number of nitrogens with zero attached hydrogens (tertiary/aromatic N) is 2. The average Bonchev–Trinajstić information content (AvgIpc) is 3.35. The Balaban J connectivity index is 1.37. The monoisotopic (exact) mass is 351 g/mol. The third-order valence-electron chi connectivity index (χ3n) is 4.28. The highest BCUT2D eigenvalue weighted by atomic mass is 32.1. The lowest BCUT2D eigenvalue weighted by Crippen LogP contribution is -2.41. The molecule has 1 aliphatic heterocycles. The minimum absolute atomic E-state index is 0.215. The molecule has 1 saturated carbocycles. The maximum absolute atomic E-state index is 12.1. The van der Waals surface area contributed by atoms with Crippen molar-refractivity contribution in [1.82, 2.24) is 9.88 Å². The summed E-state index contributed by atoms with van der Waals surface area (Å²) >= 11 is 1.33. The zero-order valence-electron chi connectivity index (χ0n) is 13.6.